The van der Waals surface area contributed by atoms with Gasteiger partial charge in [0.1, 0.15) is 11.4 Å². The number of aromatic nitrogens is 1. The van der Waals surface area contributed by atoms with E-state index >= 15 is 0 Å². The molecule has 3 atom stereocenters. The Bertz CT molecular complexity index is 809. The smallest absolute Gasteiger partial charge is 0.195 e. The number of carbonyl (C=O) groups excluding carboxylic acids is 1. The summed E-state index contributed by atoms with van der Waals surface area (Å²) in [4.78, 5) is 18.4. The Labute approximate surface area is 155 Å². The van der Waals surface area contributed by atoms with Gasteiger partial charge in [0, 0.05) is 13.1 Å². The highest BCUT2D eigenvalue weighted by Crippen LogP contribution is 2.40. The van der Waals surface area contributed by atoms with E-state index in [1.54, 1.807) is 0 Å². The molecule has 142 valence electrons. The molecule has 0 bridgehead atoms. The van der Waals surface area contributed by atoms with Gasteiger partial charge in [-0.25, -0.2) is 13.8 Å². The van der Waals surface area contributed by atoms with Crippen LogP contribution in [-0.4, -0.2) is 46.5 Å². The van der Waals surface area contributed by atoms with E-state index in [2.05, 4.69) is 9.88 Å². The number of rotatable bonds is 5. The van der Waals surface area contributed by atoms with Crippen molar-refractivity contribution in [1.29, 1.82) is 0 Å². The van der Waals surface area contributed by atoms with E-state index in [1.165, 1.54) is 36.5 Å². The van der Waals surface area contributed by atoms with Gasteiger partial charge in [-0.2, -0.15) is 0 Å². The molecule has 2 fully saturated rings. The highest BCUT2D eigenvalue weighted by Gasteiger charge is 2.42. The number of aromatic hydroxyl groups is 1. The molecule has 0 amide bonds. The Balaban J connectivity index is 1.32. The van der Waals surface area contributed by atoms with Gasteiger partial charge in [0.25, 0.3) is 0 Å². The number of fused-ring (bicyclic) bond motifs is 1. The third kappa shape index (κ3) is 3.78. The van der Waals surface area contributed by atoms with E-state index in [4.69, 9.17) is 4.74 Å². The van der Waals surface area contributed by atoms with Crippen molar-refractivity contribution in [1.82, 2.24) is 9.88 Å². The van der Waals surface area contributed by atoms with Crippen LogP contribution in [0.5, 0.6) is 11.5 Å². The summed E-state index contributed by atoms with van der Waals surface area (Å²) in [5, 5.41) is 9.25. The molecule has 1 aromatic heterocycles. The predicted octanol–water partition coefficient (Wildman–Crippen LogP) is 3.04. The molecule has 7 heteroatoms. The lowest BCUT2D eigenvalue weighted by atomic mass is 10.0. The molecule has 2 aliphatic rings. The summed E-state index contributed by atoms with van der Waals surface area (Å²) in [6, 6.07) is 6.67. The van der Waals surface area contributed by atoms with Gasteiger partial charge in [-0.15, -0.1) is 0 Å². The number of hydrogen-bond acceptors (Lipinski definition) is 5. The number of Topliss-reactive ketones (excluding diaryl/α,β-unsaturated/α-hetero) is 1. The zero-order valence-corrected chi connectivity index (χ0v) is 14.6. The van der Waals surface area contributed by atoms with Crippen molar-refractivity contribution in [2.45, 2.75) is 18.9 Å². The molecule has 1 N–H and O–H groups in total. The van der Waals surface area contributed by atoms with Crippen LogP contribution in [0.1, 0.15) is 23.3 Å². The Hall–Kier alpha value is -2.54. The number of likely N-dealkylation sites (tertiary alicyclic amines) is 1. The lowest BCUT2D eigenvalue weighted by molar-refractivity contribution is 0.0931. The first kappa shape index (κ1) is 17.9. The fourth-order valence-electron chi connectivity index (χ4n) is 4.16. The summed E-state index contributed by atoms with van der Waals surface area (Å²) in [5.74, 6) is -1.01. The normalized spacial score (nSPS) is 24.7. The number of hydrogen-bond donors (Lipinski definition) is 1. The third-order valence-electron chi connectivity index (χ3n) is 5.39. The Kier molecular flexibility index (Phi) is 4.78. The highest BCUT2D eigenvalue weighted by atomic mass is 19.1. The zero-order valence-electron chi connectivity index (χ0n) is 14.6. The largest absolute Gasteiger partial charge is 0.506 e. The molecule has 1 aliphatic carbocycles. The van der Waals surface area contributed by atoms with Crippen LogP contribution in [0.3, 0.4) is 0 Å². The molecular formula is C20H20F2N2O3. The number of halogens is 2. The monoisotopic (exact) mass is 374 g/mol. The minimum absolute atomic E-state index is 0.0274. The van der Waals surface area contributed by atoms with E-state index in [9.17, 15) is 18.7 Å². The number of benzene rings is 1. The topological polar surface area (TPSA) is 62.7 Å². The molecule has 4 rings (SSSR count). The first-order chi connectivity index (χ1) is 13.0. The Morgan fingerprint density at radius 2 is 1.81 bits per heavy atom. The van der Waals surface area contributed by atoms with E-state index in [1.807, 2.05) is 0 Å². The molecule has 2 heterocycles. The second-order valence-electron chi connectivity index (χ2n) is 7.30. The fourth-order valence-corrected chi connectivity index (χ4v) is 4.16. The van der Waals surface area contributed by atoms with E-state index in [-0.39, 0.29) is 29.9 Å². The SMILES string of the molecule is O=C(CN1C[C@H]2C[C@@H](Oc3c(F)cccc3F)C[C@H]2C1)c1ccc(O)cn1. The van der Waals surface area contributed by atoms with Crippen molar-refractivity contribution in [3.05, 3.63) is 53.9 Å². The Morgan fingerprint density at radius 3 is 2.41 bits per heavy atom. The first-order valence-electron chi connectivity index (χ1n) is 9.01. The van der Waals surface area contributed by atoms with Gasteiger partial charge in [0.2, 0.25) is 0 Å². The number of para-hydroxylation sites is 1. The molecule has 5 nitrogen and oxygen atoms in total. The minimum Gasteiger partial charge on any atom is -0.506 e. The molecule has 1 aliphatic heterocycles. The van der Waals surface area contributed by atoms with Gasteiger partial charge in [-0.05, 0) is 48.9 Å². The third-order valence-corrected chi connectivity index (χ3v) is 5.39. The quantitative estimate of drug-likeness (QED) is 0.815. The van der Waals surface area contributed by atoms with E-state index in [0.717, 1.165) is 25.9 Å². The highest BCUT2D eigenvalue weighted by molar-refractivity contribution is 5.95. The van der Waals surface area contributed by atoms with Crippen LogP contribution in [0.15, 0.2) is 36.5 Å². The standard InChI is InChI=1S/C20H20F2N2O3/c21-16-2-1-3-17(22)20(16)27-15-6-12-9-24(10-13(12)7-15)11-19(26)18-5-4-14(25)8-23-18/h1-5,8,12-13,15,25H,6-7,9-11H2/t12-,13+,15-. The van der Waals surface area contributed by atoms with Gasteiger partial charge >= 0.3 is 0 Å². The first-order valence-corrected chi connectivity index (χ1v) is 9.01. The van der Waals surface area contributed by atoms with Crippen LogP contribution in [0.25, 0.3) is 0 Å². The van der Waals surface area contributed by atoms with Crippen LogP contribution < -0.4 is 4.74 Å². The van der Waals surface area contributed by atoms with E-state index < -0.39 is 11.6 Å². The maximum Gasteiger partial charge on any atom is 0.195 e. The van der Waals surface area contributed by atoms with Crippen LogP contribution in [0, 0.1) is 23.5 Å². The van der Waals surface area contributed by atoms with Crippen molar-refractivity contribution >= 4 is 5.78 Å². The Morgan fingerprint density at radius 1 is 1.15 bits per heavy atom. The van der Waals surface area contributed by atoms with Crippen LogP contribution in [0.4, 0.5) is 8.78 Å². The van der Waals surface area contributed by atoms with Gasteiger partial charge in [-0.3, -0.25) is 9.69 Å². The molecule has 27 heavy (non-hydrogen) atoms. The van der Waals surface area contributed by atoms with Crippen LogP contribution in [-0.2, 0) is 0 Å². The summed E-state index contributed by atoms with van der Waals surface area (Å²) in [6.45, 7) is 1.79. The van der Waals surface area contributed by atoms with Crippen LogP contribution in [0.2, 0.25) is 0 Å². The average Bonchev–Trinajstić information content (AvgIpc) is 3.16. The maximum atomic E-state index is 13.8. The van der Waals surface area contributed by atoms with Crippen LogP contribution >= 0.6 is 0 Å². The minimum atomic E-state index is -0.680. The fraction of sp³-hybridized carbons (Fsp3) is 0.400. The van der Waals surface area contributed by atoms with Crippen molar-refractivity contribution in [3.8, 4) is 11.5 Å². The zero-order chi connectivity index (χ0) is 19.0. The number of ether oxygens (including phenoxy) is 1. The number of ketones is 1. The number of pyridine rings is 1. The summed E-state index contributed by atoms with van der Waals surface area (Å²) in [7, 11) is 0. The summed E-state index contributed by atoms with van der Waals surface area (Å²) in [6.07, 6.45) is 2.50. The molecule has 2 aromatic rings. The molecule has 1 aromatic carbocycles. The van der Waals surface area contributed by atoms with E-state index in [0.29, 0.717) is 17.5 Å². The summed E-state index contributed by atoms with van der Waals surface area (Å²) >= 11 is 0. The average molecular weight is 374 g/mol. The molecule has 0 radical (unpaired) electrons. The van der Waals surface area contributed by atoms with Gasteiger partial charge in [0.05, 0.1) is 18.8 Å². The van der Waals surface area contributed by atoms with Crippen molar-refractivity contribution in [2.75, 3.05) is 19.6 Å². The van der Waals surface area contributed by atoms with Gasteiger partial charge in [-0.1, -0.05) is 6.07 Å². The molecule has 1 saturated carbocycles. The summed E-state index contributed by atoms with van der Waals surface area (Å²) < 4.78 is 33.1. The predicted molar refractivity (Wildman–Crippen MR) is 93.7 cm³/mol. The lowest BCUT2D eigenvalue weighted by Gasteiger charge is -2.19. The molecule has 0 spiro atoms. The lowest BCUT2D eigenvalue weighted by Crippen LogP contribution is -2.30. The second kappa shape index (κ2) is 7.23. The summed E-state index contributed by atoms with van der Waals surface area (Å²) in [5.41, 5.74) is 0.334. The number of nitrogens with zero attached hydrogens (tertiary/aromatic N) is 2. The number of carbonyl (C=O) groups is 1. The van der Waals surface area contributed by atoms with Crippen molar-refractivity contribution < 1.29 is 23.4 Å². The van der Waals surface area contributed by atoms with Gasteiger partial charge in [0.15, 0.2) is 23.2 Å². The molecule has 0 unspecified atom stereocenters. The van der Waals surface area contributed by atoms with Crippen molar-refractivity contribution in [3.63, 3.8) is 0 Å². The molecule has 1 saturated heterocycles. The van der Waals surface area contributed by atoms with Crippen molar-refractivity contribution in [2.24, 2.45) is 11.8 Å². The second-order valence-corrected chi connectivity index (χ2v) is 7.30. The molecular weight excluding hydrogens is 354 g/mol. The van der Waals surface area contributed by atoms with Gasteiger partial charge < -0.3 is 9.84 Å². The maximum absolute atomic E-state index is 13.8.